The largest absolute Gasteiger partial charge is 0.394 e. The van der Waals surface area contributed by atoms with Crippen molar-refractivity contribution < 1.29 is 78.1 Å². The van der Waals surface area contributed by atoms with Gasteiger partial charge in [0, 0.05) is 19.8 Å². The van der Waals surface area contributed by atoms with Gasteiger partial charge in [0.2, 0.25) is 11.8 Å². The second-order valence-electron chi connectivity index (χ2n) is 11.1. The van der Waals surface area contributed by atoms with Gasteiger partial charge in [0.05, 0.1) is 79.3 Å². The number of carbonyl (C=O) groups is 2. The van der Waals surface area contributed by atoms with Crippen molar-refractivity contribution >= 4 is 11.8 Å². The van der Waals surface area contributed by atoms with E-state index < -0.39 is 86.3 Å². The second kappa shape index (κ2) is 22.1. The Morgan fingerprint density at radius 2 is 0.957 bits per heavy atom. The Morgan fingerprint density at radius 1 is 0.609 bits per heavy atom. The Morgan fingerprint density at radius 3 is 1.30 bits per heavy atom. The second-order valence-corrected chi connectivity index (χ2v) is 11.1. The predicted octanol–water partition coefficient (Wildman–Crippen LogP) is -4.39. The Kier molecular flexibility index (Phi) is 19.5. The van der Waals surface area contributed by atoms with E-state index in [0.29, 0.717) is 39.6 Å². The molecule has 0 saturated carbocycles. The first-order chi connectivity index (χ1) is 22.0. The summed E-state index contributed by atoms with van der Waals surface area (Å²) in [6, 6.07) is -2.02. The van der Waals surface area contributed by atoms with Gasteiger partial charge in [-0.2, -0.15) is 0 Å². The molecule has 8 N–H and O–H groups in total. The van der Waals surface area contributed by atoms with Crippen LogP contribution in [0.15, 0.2) is 0 Å². The first-order valence-electron chi connectivity index (χ1n) is 15.3. The molecule has 0 bridgehead atoms. The fraction of sp³-hybridized carbons (Fsp3) is 0.929. The lowest BCUT2D eigenvalue weighted by atomic mass is 9.97. The number of aliphatic hydroxyl groups excluding tert-OH is 6. The average Bonchev–Trinajstić information content (AvgIpc) is 3.01. The summed E-state index contributed by atoms with van der Waals surface area (Å²) in [6.07, 6.45) is -9.79. The van der Waals surface area contributed by atoms with Crippen LogP contribution < -0.4 is 10.6 Å². The molecule has 2 aliphatic rings. The first-order valence-corrected chi connectivity index (χ1v) is 15.3. The van der Waals surface area contributed by atoms with Crippen molar-refractivity contribution in [3.05, 3.63) is 0 Å². The van der Waals surface area contributed by atoms with Gasteiger partial charge in [0.25, 0.3) is 0 Å². The summed E-state index contributed by atoms with van der Waals surface area (Å²) >= 11 is 0. The highest BCUT2D eigenvalue weighted by Crippen LogP contribution is 2.23. The molecule has 0 spiro atoms. The van der Waals surface area contributed by atoms with Gasteiger partial charge in [-0.15, -0.1) is 0 Å². The number of nitrogens with one attached hydrogen (secondary N) is 2. The molecule has 2 aliphatic heterocycles. The van der Waals surface area contributed by atoms with Crippen molar-refractivity contribution in [1.82, 2.24) is 10.6 Å². The molecular formula is C28H52N2O16. The minimum atomic E-state index is -1.38. The van der Waals surface area contributed by atoms with Gasteiger partial charge in [-0.05, 0) is 0 Å². The van der Waals surface area contributed by atoms with Crippen molar-refractivity contribution in [3.8, 4) is 0 Å². The van der Waals surface area contributed by atoms with Crippen LogP contribution in [0.3, 0.4) is 0 Å². The molecular weight excluding hydrogens is 620 g/mol. The molecule has 11 atom stereocenters. The molecule has 6 unspecified atom stereocenters. The molecule has 0 aromatic rings. The van der Waals surface area contributed by atoms with Crippen LogP contribution in [0.25, 0.3) is 0 Å². The normalized spacial score (nSPS) is 32.2. The number of aliphatic hydroxyl groups is 6. The summed E-state index contributed by atoms with van der Waals surface area (Å²) in [7, 11) is 0. The van der Waals surface area contributed by atoms with Crippen LogP contribution in [-0.4, -0.2) is 183 Å². The van der Waals surface area contributed by atoms with Crippen molar-refractivity contribution in [2.45, 2.75) is 82.1 Å². The van der Waals surface area contributed by atoms with Gasteiger partial charge in [0.15, 0.2) is 12.6 Å². The molecule has 2 amide bonds. The monoisotopic (exact) mass is 672 g/mol. The fourth-order valence-corrected chi connectivity index (χ4v) is 4.73. The molecule has 0 aliphatic carbocycles. The van der Waals surface area contributed by atoms with E-state index >= 15 is 0 Å². The maximum Gasteiger partial charge on any atom is 0.217 e. The zero-order chi connectivity index (χ0) is 34.1. The number of carbonyl (C=O) groups excluding carboxylic acids is 2. The van der Waals surface area contributed by atoms with E-state index in [-0.39, 0.29) is 32.3 Å². The zero-order valence-corrected chi connectivity index (χ0v) is 26.6. The third-order valence-corrected chi connectivity index (χ3v) is 7.07. The van der Waals surface area contributed by atoms with Crippen molar-refractivity contribution in [1.29, 1.82) is 0 Å². The molecule has 270 valence electrons. The SMILES string of the molecule is CC(=O)NC1C(O)[C@@H](O)C(CO)O[C@H]1OCCOCCOCC(C)COCCOCCO[C@@H]1OC(CO)[C@H](O)C(O)[C@@H]1NC(C)=O. The molecule has 46 heavy (non-hydrogen) atoms. The van der Waals surface area contributed by atoms with Crippen LogP contribution in [0.2, 0.25) is 0 Å². The third kappa shape index (κ3) is 13.9. The van der Waals surface area contributed by atoms with Crippen LogP contribution in [0.5, 0.6) is 0 Å². The van der Waals surface area contributed by atoms with E-state index in [0.717, 1.165) is 0 Å². The summed E-state index contributed by atoms with van der Waals surface area (Å²) in [6.45, 7) is 6.08. The lowest BCUT2D eigenvalue weighted by molar-refractivity contribution is -0.272. The summed E-state index contributed by atoms with van der Waals surface area (Å²) < 4.78 is 44.3. The number of amides is 2. The number of hydrogen-bond donors (Lipinski definition) is 8. The van der Waals surface area contributed by atoms with Crippen LogP contribution >= 0.6 is 0 Å². The van der Waals surface area contributed by atoms with Crippen molar-refractivity contribution in [2.75, 3.05) is 79.3 Å². The highest BCUT2D eigenvalue weighted by molar-refractivity contribution is 5.73. The standard InChI is InChI=1S/C28H52N2O16/c1-16(14-41-6-4-39-8-10-43-27-21(29-17(2)33)25(37)23(35)19(12-31)45-27)15-42-7-5-40-9-11-44-28-22(30-18(3)34)26(38)24(36)20(13-32)46-28/h16,19-28,31-32,35-38H,4-15H2,1-3H3,(H,29,33)(H,30,34)/t16?,19?,20?,21-,22?,23-,24-,25?,26?,27+,28+/m0/s1. The van der Waals surface area contributed by atoms with Crippen LogP contribution in [0.1, 0.15) is 20.8 Å². The maximum atomic E-state index is 11.5. The lowest BCUT2D eigenvalue weighted by Crippen LogP contribution is -2.64. The Hall–Kier alpha value is -1.62. The molecule has 0 radical (unpaired) electrons. The summed E-state index contributed by atoms with van der Waals surface area (Å²) in [5.74, 6) is -0.765. The van der Waals surface area contributed by atoms with Crippen LogP contribution in [0, 0.1) is 5.92 Å². The number of hydrogen-bond acceptors (Lipinski definition) is 16. The predicted molar refractivity (Wildman–Crippen MR) is 155 cm³/mol. The molecule has 2 fully saturated rings. The fourth-order valence-electron chi connectivity index (χ4n) is 4.73. The van der Waals surface area contributed by atoms with E-state index in [4.69, 9.17) is 37.9 Å². The topological polar surface area (TPSA) is 253 Å². The number of ether oxygens (including phenoxy) is 8. The molecule has 0 aromatic carbocycles. The van der Waals surface area contributed by atoms with E-state index in [2.05, 4.69) is 10.6 Å². The van der Waals surface area contributed by atoms with Crippen LogP contribution in [-0.2, 0) is 47.5 Å². The minimum absolute atomic E-state index is 0.0730. The van der Waals surface area contributed by atoms with E-state index in [1.807, 2.05) is 6.92 Å². The van der Waals surface area contributed by atoms with Gasteiger partial charge in [-0.3, -0.25) is 9.59 Å². The summed E-state index contributed by atoms with van der Waals surface area (Å²) in [5.41, 5.74) is 0. The molecule has 18 heteroatoms. The molecule has 2 heterocycles. The lowest BCUT2D eigenvalue weighted by Gasteiger charge is -2.42. The van der Waals surface area contributed by atoms with E-state index in [1.54, 1.807) is 0 Å². The van der Waals surface area contributed by atoms with Gasteiger partial charge in [-0.1, -0.05) is 6.92 Å². The van der Waals surface area contributed by atoms with Crippen LogP contribution in [0.4, 0.5) is 0 Å². The third-order valence-electron chi connectivity index (χ3n) is 7.07. The number of rotatable bonds is 22. The first kappa shape index (κ1) is 40.6. The van der Waals surface area contributed by atoms with Gasteiger partial charge < -0.3 is 79.2 Å². The van der Waals surface area contributed by atoms with E-state index in [1.165, 1.54) is 13.8 Å². The van der Waals surface area contributed by atoms with Gasteiger partial charge >= 0.3 is 0 Å². The Labute approximate surface area is 268 Å². The molecule has 2 rings (SSSR count). The minimum Gasteiger partial charge on any atom is -0.394 e. The highest BCUT2D eigenvalue weighted by atomic mass is 16.7. The Bertz CT molecular complexity index is 792. The highest BCUT2D eigenvalue weighted by Gasteiger charge is 2.46. The maximum absolute atomic E-state index is 11.5. The van der Waals surface area contributed by atoms with Gasteiger partial charge in [0.1, 0.15) is 48.7 Å². The van der Waals surface area contributed by atoms with Crippen molar-refractivity contribution in [2.24, 2.45) is 5.92 Å². The average molecular weight is 673 g/mol. The van der Waals surface area contributed by atoms with E-state index in [9.17, 15) is 40.2 Å². The van der Waals surface area contributed by atoms with Crippen molar-refractivity contribution in [3.63, 3.8) is 0 Å². The zero-order valence-electron chi connectivity index (χ0n) is 26.6. The quantitative estimate of drug-likeness (QED) is 0.0506. The Balaban J connectivity index is 1.48. The summed E-state index contributed by atoms with van der Waals surface area (Å²) in [5, 5.41) is 64.3. The molecule has 0 aromatic heterocycles. The molecule has 18 nitrogen and oxygen atoms in total. The molecule has 2 saturated heterocycles. The van der Waals surface area contributed by atoms with Gasteiger partial charge in [-0.25, -0.2) is 0 Å². The smallest absolute Gasteiger partial charge is 0.217 e. The summed E-state index contributed by atoms with van der Waals surface area (Å²) in [4.78, 5) is 22.9.